The number of amides is 1. The molecule has 1 aliphatic heterocycles. The van der Waals surface area contributed by atoms with Crippen LogP contribution in [0.4, 0.5) is 0 Å². The quantitative estimate of drug-likeness (QED) is 0.780. The van der Waals surface area contributed by atoms with Gasteiger partial charge in [-0.2, -0.15) is 0 Å². The highest BCUT2D eigenvalue weighted by Gasteiger charge is 2.34. The first-order valence-electron chi connectivity index (χ1n) is 8.27. The fourth-order valence-corrected chi connectivity index (χ4v) is 3.64. The molecule has 1 aliphatic carbocycles. The summed E-state index contributed by atoms with van der Waals surface area (Å²) in [7, 11) is 4.31. The minimum absolute atomic E-state index is 0.197. The zero-order chi connectivity index (χ0) is 14.4. The summed E-state index contributed by atoms with van der Waals surface area (Å²) in [6.07, 6.45) is 9.32. The molecule has 4 nitrogen and oxygen atoms in total. The SMILES string of the molecule is CN(C)C1(CNC(=O)CCC2CCNC2)CCCCC1. The van der Waals surface area contributed by atoms with E-state index in [0.29, 0.717) is 12.3 Å². The van der Waals surface area contributed by atoms with Crippen molar-refractivity contribution in [3.8, 4) is 0 Å². The van der Waals surface area contributed by atoms with Crippen LogP contribution in [-0.4, -0.2) is 50.1 Å². The second-order valence-corrected chi connectivity index (χ2v) is 6.85. The van der Waals surface area contributed by atoms with Crippen molar-refractivity contribution in [2.24, 2.45) is 5.92 Å². The van der Waals surface area contributed by atoms with Crippen LogP contribution < -0.4 is 10.6 Å². The number of nitrogens with one attached hydrogen (secondary N) is 2. The van der Waals surface area contributed by atoms with Gasteiger partial charge in [-0.25, -0.2) is 0 Å². The molecular weight excluding hydrogens is 250 g/mol. The number of carbonyl (C=O) groups excluding carboxylic acids is 1. The highest BCUT2D eigenvalue weighted by Crippen LogP contribution is 2.31. The van der Waals surface area contributed by atoms with E-state index in [9.17, 15) is 4.79 Å². The lowest BCUT2D eigenvalue weighted by atomic mass is 9.80. The lowest BCUT2D eigenvalue weighted by Gasteiger charge is -2.43. The Morgan fingerprint density at radius 2 is 2.05 bits per heavy atom. The minimum Gasteiger partial charge on any atom is -0.354 e. The van der Waals surface area contributed by atoms with Gasteiger partial charge in [0.05, 0.1) is 0 Å². The van der Waals surface area contributed by atoms with Crippen LogP contribution in [0.1, 0.15) is 51.4 Å². The third-order valence-corrected chi connectivity index (χ3v) is 5.29. The Morgan fingerprint density at radius 3 is 2.65 bits per heavy atom. The van der Waals surface area contributed by atoms with E-state index in [0.717, 1.165) is 26.1 Å². The maximum Gasteiger partial charge on any atom is 0.220 e. The Labute approximate surface area is 123 Å². The lowest BCUT2D eigenvalue weighted by molar-refractivity contribution is -0.122. The van der Waals surface area contributed by atoms with Gasteiger partial charge in [0.1, 0.15) is 0 Å². The van der Waals surface area contributed by atoms with Crippen LogP contribution in [0.5, 0.6) is 0 Å². The summed E-state index contributed by atoms with van der Waals surface area (Å²) in [5.41, 5.74) is 0.197. The fraction of sp³-hybridized carbons (Fsp3) is 0.938. The Balaban J connectivity index is 1.72. The number of hydrogen-bond acceptors (Lipinski definition) is 3. The fourth-order valence-electron chi connectivity index (χ4n) is 3.64. The molecule has 0 aromatic carbocycles. The summed E-state index contributed by atoms with van der Waals surface area (Å²) in [4.78, 5) is 14.4. The number of hydrogen-bond donors (Lipinski definition) is 2. The van der Waals surface area contributed by atoms with Gasteiger partial charge in [-0.3, -0.25) is 4.79 Å². The normalized spacial score (nSPS) is 25.9. The molecule has 1 saturated heterocycles. The predicted octanol–water partition coefficient (Wildman–Crippen LogP) is 1.76. The van der Waals surface area contributed by atoms with Gasteiger partial charge in [0.15, 0.2) is 0 Å². The molecule has 2 fully saturated rings. The first kappa shape index (κ1) is 15.8. The molecule has 1 amide bonds. The average molecular weight is 281 g/mol. The van der Waals surface area contributed by atoms with Crippen LogP contribution in [0, 0.1) is 5.92 Å². The molecule has 2 aliphatic rings. The minimum atomic E-state index is 0.197. The number of carbonyl (C=O) groups is 1. The third-order valence-electron chi connectivity index (χ3n) is 5.29. The van der Waals surface area contributed by atoms with E-state index in [1.807, 2.05) is 0 Å². The van der Waals surface area contributed by atoms with Gasteiger partial charge in [0, 0.05) is 18.5 Å². The molecule has 116 valence electrons. The largest absolute Gasteiger partial charge is 0.354 e. The average Bonchev–Trinajstić information content (AvgIpc) is 2.97. The van der Waals surface area contributed by atoms with Crippen molar-refractivity contribution in [1.82, 2.24) is 15.5 Å². The standard InChI is InChI=1S/C16H31N3O/c1-19(2)16(9-4-3-5-10-16)13-18-15(20)7-6-14-8-11-17-12-14/h14,17H,3-13H2,1-2H3,(H,18,20). The molecule has 1 atom stereocenters. The van der Waals surface area contributed by atoms with Crippen molar-refractivity contribution in [1.29, 1.82) is 0 Å². The van der Waals surface area contributed by atoms with E-state index in [-0.39, 0.29) is 11.4 Å². The van der Waals surface area contributed by atoms with E-state index in [1.165, 1.54) is 38.5 Å². The van der Waals surface area contributed by atoms with Crippen LogP contribution in [0.2, 0.25) is 0 Å². The molecule has 1 unspecified atom stereocenters. The highest BCUT2D eigenvalue weighted by atomic mass is 16.1. The zero-order valence-corrected chi connectivity index (χ0v) is 13.2. The monoisotopic (exact) mass is 281 g/mol. The van der Waals surface area contributed by atoms with Crippen molar-refractivity contribution in [3.05, 3.63) is 0 Å². The molecule has 2 N–H and O–H groups in total. The highest BCUT2D eigenvalue weighted by molar-refractivity contribution is 5.75. The molecule has 1 heterocycles. The van der Waals surface area contributed by atoms with Gasteiger partial charge >= 0.3 is 0 Å². The maximum atomic E-state index is 12.1. The molecule has 4 heteroatoms. The van der Waals surface area contributed by atoms with Crippen LogP contribution in [0.3, 0.4) is 0 Å². The summed E-state index contributed by atoms with van der Waals surface area (Å²) in [6, 6.07) is 0. The summed E-state index contributed by atoms with van der Waals surface area (Å²) in [6.45, 7) is 3.03. The van der Waals surface area contributed by atoms with Gasteiger partial charge in [-0.15, -0.1) is 0 Å². The third kappa shape index (κ3) is 4.19. The van der Waals surface area contributed by atoms with Gasteiger partial charge in [0.25, 0.3) is 0 Å². The van der Waals surface area contributed by atoms with Crippen molar-refractivity contribution in [3.63, 3.8) is 0 Å². The molecule has 0 bridgehead atoms. The van der Waals surface area contributed by atoms with Crippen molar-refractivity contribution < 1.29 is 4.79 Å². The second-order valence-electron chi connectivity index (χ2n) is 6.85. The Morgan fingerprint density at radius 1 is 1.30 bits per heavy atom. The number of likely N-dealkylation sites (N-methyl/N-ethyl adjacent to an activating group) is 1. The van der Waals surface area contributed by atoms with Gasteiger partial charge < -0.3 is 15.5 Å². The van der Waals surface area contributed by atoms with Crippen molar-refractivity contribution in [2.75, 3.05) is 33.7 Å². The topological polar surface area (TPSA) is 44.4 Å². The molecule has 2 rings (SSSR count). The van der Waals surface area contributed by atoms with E-state index >= 15 is 0 Å². The predicted molar refractivity (Wildman–Crippen MR) is 82.7 cm³/mol. The maximum absolute atomic E-state index is 12.1. The van der Waals surface area contributed by atoms with E-state index in [1.54, 1.807) is 0 Å². The van der Waals surface area contributed by atoms with Gasteiger partial charge in [0.2, 0.25) is 5.91 Å². The Hall–Kier alpha value is -0.610. The first-order valence-corrected chi connectivity index (χ1v) is 8.27. The number of nitrogens with zero attached hydrogens (tertiary/aromatic N) is 1. The van der Waals surface area contributed by atoms with Gasteiger partial charge in [-0.1, -0.05) is 19.3 Å². The van der Waals surface area contributed by atoms with Crippen molar-refractivity contribution >= 4 is 5.91 Å². The summed E-state index contributed by atoms with van der Waals surface area (Å²) in [5.74, 6) is 0.946. The van der Waals surface area contributed by atoms with Crippen molar-refractivity contribution in [2.45, 2.75) is 56.9 Å². The first-order chi connectivity index (χ1) is 9.62. The molecule has 1 saturated carbocycles. The second kappa shape index (κ2) is 7.41. The van der Waals surface area contributed by atoms with E-state index in [2.05, 4.69) is 29.6 Å². The zero-order valence-electron chi connectivity index (χ0n) is 13.2. The summed E-state index contributed by atoms with van der Waals surface area (Å²) < 4.78 is 0. The molecule has 0 radical (unpaired) electrons. The van der Waals surface area contributed by atoms with Crippen LogP contribution >= 0.6 is 0 Å². The van der Waals surface area contributed by atoms with E-state index < -0.39 is 0 Å². The summed E-state index contributed by atoms with van der Waals surface area (Å²) >= 11 is 0. The molecule has 0 spiro atoms. The van der Waals surface area contributed by atoms with Crippen LogP contribution in [-0.2, 0) is 4.79 Å². The Bertz CT molecular complexity index is 305. The van der Waals surface area contributed by atoms with E-state index in [4.69, 9.17) is 0 Å². The summed E-state index contributed by atoms with van der Waals surface area (Å²) in [5, 5.41) is 6.56. The van der Waals surface area contributed by atoms with Crippen LogP contribution in [0.15, 0.2) is 0 Å². The molecule has 20 heavy (non-hydrogen) atoms. The van der Waals surface area contributed by atoms with Crippen LogP contribution in [0.25, 0.3) is 0 Å². The molecule has 0 aromatic rings. The lowest BCUT2D eigenvalue weighted by Crippen LogP contribution is -2.53. The Kier molecular flexibility index (Phi) is 5.85. The smallest absolute Gasteiger partial charge is 0.220 e. The number of rotatable bonds is 6. The van der Waals surface area contributed by atoms with Gasteiger partial charge in [-0.05, 0) is 58.8 Å². The molecule has 0 aromatic heterocycles. The molecular formula is C16H31N3O.